The van der Waals surface area contributed by atoms with E-state index in [0.717, 1.165) is 32.6 Å². The fraction of sp³-hybridized carbons (Fsp3) is 0.792. The molecule has 2 N–H and O–H groups in total. The highest BCUT2D eigenvalue weighted by Gasteiger charge is 2.10. The van der Waals surface area contributed by atoms with Crippen molar-refractivity contribution in [2.75, 3.05) is 19.8 Å². The first-order valence-corrected chi connectivity index (χ1v) is 12.1. The average molecular weight is 457 g/mol. The van der Waals surface area contributed by atoms with E-state index >= 15 is 0 Å². The lowest BCUT2D eigenvalue weighted by Gasteiger charge is -2.18. The molecule has 1 aromatic rings. The van der Waals surface area contributed by atoms with Crippen LogP contribution in [0.5, 0.6) is 0 Å². The van der Waals surface area contributed by atoms with Crippen molar-refractivity contribution in [2.45, 2.75) is 104 Å². The van der Waals surface area contributed by atoms with Crippen LogP contribution in [-0.2, 0) is 25.6 Å². The number of aromatic nitrogens is 2. The molecule has 1 aromatic heterocycles. The van der Waals surface area contributed by atoms with Crippen molar-refractivity contribution >= 4 is 11.9 Å². The van der Waals surface area contributed by atoms with Gasteiger partial charge < -0.3 is 24.3 Å². The van der Waals surface area contributed by atoms with Crippen molar-refractivity contribution in [2.24, 2.45) is 0 Å². The first-order valence-electron chi connectivity index (χ1n) is 12.1. The van der Waals surface area contributed by atoms with E-state index in [1.807, 2.05) is 18.7 Å². The van der Waals surface area contributed by atoms with E-state index in [-0.39, 0.29) is 6.10 Å². The van der Waals surface area contributed by atoms with Crippen LogP contribution in [0, 0.1) is 0 Å². The smallest absolute Gasteiger partial charge is 0.414 e. The van der Waals surface area contributed by atoms with Crippen LogP contribution in [0.1, 0.15) is 90.9 Å². The predicted molar refractivity (Wildman–Crippen MR) is 125 cm³/mol. The van der Waals surface area contributed by atoms with Gasteiger partial charge in [0.2, 0.25) is 0 Å². The molecule has 1 heterocycles. The van der Waals surface area contributed by atoms with E-state index in [2.05, 4.69) is 23.4 Å². The van der Waals surface area contributed by atoms with Crippen LogP contribution in [0.2, 0.25) is 0 Å². The molecular weight excluding hydrogens is 412 g/mol. The van der Waals surface area contributed by atoms with Gasteiger partial charge in [-0.3, -0.25) is 0 Å². The summed E-state index contributed by atoms with van der Waals surface area (Å²) in [5.41, 5.74) is 0. The minimum absolute atomic E-state index is 0.124. The Bertz CT molecular complexity index is 539. The number of rotatable bonds is 19. The molecule has 8 heteroatoms. The third-order valence-electron chi connectivity index (χ3n) is 4.95. The van der Waals surface area contributed by atoms with Crippen molar-refractivity contribution < 1.29 is 29.3 Å². The second kappa shape index (κ2) is 22.3. The third-order valence-corrected chi connectivity index (χ3v) is 4.95. The number of carboxylic acids is 2. The van der Waals surface area contributed by atoms with Gasteiger partial charge in [-0.2, -0.15) is 0 Å². The number of ether oxygens (including phenoxy) is 2. The summed E-state index contributed by atoms with van der Waals surface area (Å²) in [4.78, 5) is 22.3. The lowest BCUT2D eigenvalue weighted by molar-refractivity contribution is -0.159. The zero-order chi connectivity index (χ0) is 23.9. The molecule has 0 fully saturated rings. The molecular formula is C24H44N2O6. The summed E-state index contributed by atoms with van der Waals surface area (Å²) in [5.74, 6) is -3.65. The van der Waals surface area contributed by atoms with Gasteiger partial charge in [0, 0.05) is 25.6 Å². The Balaban J connectivity index is 0.00000140. The minimum atomic E-state index is -1.82. The third kappa shape index (κ3) is 20.0. The van der Waals surface area contributed by atoms with E-state index in [1.54, 1.807) is 0 Å². The van der Waals surface area contributed by atoms with Gasteiger partial charge >= 0.3 is 11.9 Å². The standard InChI is InChI=1S/C22H42N2O2.C2H2O4/c1-3-5-7-8-9-10-11-12-13-14-17-25-20-22(26-18-6-4-2)19-24-16-15-23-21-24;3-1(4)2(5)6/h15-16,21-22H,3-14,17-20H2,1-2H3;(H,3,4)(H,5,6). The number of hydrogen-bond acceptors (Lipinski definition) is 5. The van der Waals surface area contributed by atoms with Gasteiger partial charge in [-0.25, -0.2) is 14.6 Å². The van der Waals surface area contributed by atoms with Gasteiger partial charge in [-0.15, -0.1) is 0 Å². The summed E-state index contributed by atoms with van der Waals surface area (Å²) in [5, 5.41) is 14.8. The van der Waals surface area contributed by atoms with Gasteiger partial charge in [0.05, 0.1) is 25.6 Å². The molecule has 1 unspecified atom stereocenters. The Kier molecular flexibility index (Phi) is 20.9. The molecule has 1 atom stereocenters. The van der Waals surface area contributed by atoms with E-state index in [9.17, 15) is 0 Å². The maximum Gasteiger partial charge on any atom is 0.414 e. The van der Waals surface area contributed by atoms with Crippen molar-refractivity contribution in [3.63, 3.8) is 0 Å². The van der Waals surface area contributed by atoms with Gasteiger partial charge in [0.25, 0.3) is 0 Å². The van der Waals surface area contributed by atoms with Crippen LogP contribution >= 0.6 is 0 Å². The topological polar surface area (TPSA) is 111 Å². The molecule has 32 heavy (non-hydrogen) atoms. The van der Waals surface area contributed by atoms with Crippen LogP contribution in [0.4, 0.5) is 0 Å². The molecule has 0 aromatic carbocycles. The molecule has 0 aliphatic rings. The monoisotopic (exact) mass is 456 g/mol. The molecule has 1 rings (SSSR count). The van der Waals surface area contributed by atoms with E-state index in [0.29, 0.717) is 6.61 Å². The lowest BCUT2D eigenvalue weighted by Crippen LogP contribution is -2.26. The molecule has 0 aliphatic carbocycles. The summed E-state index contributed by atoms with van der Waals surface area (Å²) in [7, 11) is 0. The van der Waals surface area contributed by atoms with Gasteiger partial charge in [0.1, 0.15) is 0 Å². The summed E-state index contributed by atoms with van der Waals surface area (Å²) in [6.07, 6.45) is 21.6. The molecule has 0 bridgehead atoms. The molecule has 0 saturated carbocycles. The fourth-order valence-electron chi connectivity index (χ4n) is 3.08. The zero-order valence-electron chi connectivity index (χ0n) is 20.0. The number of unbranched alkanes of at least 4 members (excludes halogenated alkanes) is 10. The molecule has 0 saturated heterocycles. The largest absolute Gasteiger partial charge is 0.473 e. The molecule has 0 radical (unpaired) electrons. The first kappa shape index (κ1) is 30.1. The highest BCUT2D eigenvalue weighted by atomic mass is 16.5. The Morgan fingerprint density at radius 2 is 1.41 bits per heavy atom. The molecule has 8 nitrogen and oxygen atoms in total. The van der Waals surface area contributed by atoms with Gasteiger partial charge in [0.15, 0.2) is 0 Å². The Hall–Kier alpha value is -1.93. The van der Waals surface area contributed by atoms with E-state index in [4.69, 9.17) is 29.3 Å². The normalized spacial score (nSPS) is 11.6. The maximum absolute atomic E-state index is 9.10. The number of carbonyl (C=O) groups is 2. The molecule has 0 spiro atoms. The summed E-state index contributed by atoms with van der Waals surface area (Å²) >= 11 is 0. The maximum atomic E-state index is 9.10. The Morgan fingerprint density at radius 1 is 0.844 bits per heavy atom. The van der Waals surface area contributed by atoms with Crippen LogP contribution in [0.3, 0.4) is 0 Å². The predicted octanol–water partition coefficient (Wildman–Crippen LogP) is 5.16. The van der Waals surface area contributed by atoms with Crippen LogP contribution in [-0.4, -0.2) is 57.6 Å². The van der Waals surface area contributed by atoms with Crippen molar-refractivity contribution in [1.29, 1.82) is 0 Å². The van der Waals surface area contributed by atoms with E-state index < -0.39 is 11.9 Å². The molecule has 186 valence electrons. The average Bonchev–Trinajstić information content (AvgIpc) is 3.28. The van der Waals surface area contributed by atoms with E-state index in [1.165, 1.54) is 64.2 Å². The second-order valence-corrected chi connectivity index (χ2v) is 7.97. The van der Waals surface area contributed by atoms with Crippen molar-refractivity contribution in [3.05, 3.63) is 18.7 Å². The number of imidazole rings is 1. The Morgan fingerprint density at radius 3 is 1.91 bits per heavy atom. The fourth-order valence-corrected chi connectivity index (χ4v) is 3.08. The molecule has 0 aliphatic heterocycles. The minimum Gasteiger partial charge on any atom is -0.473 e. The highest BCUT2D eigenvalue weighted by molar-refractivity contribution is 6.27. The highest BCUT2D eigenvalue weighted by Crippen LogP contribution is 2.10. The van der Waals surface area contributed by atoms with Crippen LogP contribution in [0.15, 0.2) is 18.7 Å². The van der Waals surface area contributed by atoms with Gasteiger partial charge in [-0.1, -0.05) is 78.1 Å². The number of aliphatic carboxylic acids is 2. The van der Waals surface area contributed by atoms with Gasteiger partial charge in [-0.05, 0) is 12.8 Å². The van der Waals surface area contributed by atoms with Crippen molar-refractivity contribution in [3.8, 4) is 0 Å². The summed E-state index contributed by atoms with van der Waals surface area (Å²) in [6, 6.07) is 0. The zero-order valence-corrected chi connectivity index (χ0v) is 20.0. The summed E-state index contributed by atoms with van der Waals surface area (Å²) in [6.45, 7) is 7.64. The first-order chi connectivity index (χ1) is 15.5. The second-order valence-electron chi connectivity index (χ2n) is 7.97. The van der Waals surface area contributed by atoms with Crippen LogP contribution < -0.4 is 0 Å². The summed E-state index contributed by atoms with van der Waals surface area (Å²) < 4.78 is 13.9. The Labute approximate surface area is 193 Å². The quantitative estimate of drug-likeness (QED) is 0.218. The molecule has 0 amide bonds. The SMILES string of the molecule is CCCCCCCCCCCCOCC(Cn1ccnc1)OCCCC.O=C(O)C(=O)O. The van der Waals surface area contributed by atoms with Crippen molar-refractivity contribution in [1.82, 2.24) is 9.55 Å². The number of nitrogens with zero attached hydrogens (tertiary/aromatic N) is 2. The van der Waals surface area contributed by atoms with Crippen LogP contribution in [0.25, 0.3) is 0 Å². The number of carboxylic acid groups (broad SMARTS) is 2. The lowest BCUT2D eigenvalue weighted by atomic mass is 10.1. The number of hydrogen-bond donors (Lipinski definition) is 2.